The van der Waals surface area contributed by atoms with E-state index in [-0.39, 0.29) is 0 Å². The van der Waals surface area contributed by atoms with Crippen LogP contribution in [0.25, 0.3) is 0 Å². The van der Waals surface area contributed by atoms with Gasteiger partial charge < -0.3 is 20.1 Å². The number of aliphatic hydroxyl groups excluding tert-OH is 3. The third-order valence-corrected chi connectivity index (χ3v) is 1.84. The Labute approximate surface area is 72.8 Å². The normalized spacial score (nSPS) is 18.8. The Morgan fingerprint density at radius 1 is 1.33 bits per heavy atom. The van der Waals surface area contributed by atoms with Crippen molar-refractivity contribution >= 4 is 0 Å². The molecule has 0 aliphatic heterocycles. The molecule has 3 atom stereocenters. The van der Waals surface area contributed by atoms with Crippen molar-refractivity contribution in [1.82, 2.24) is 0 Å². The van der Waals surface area contributed by atoms with E-state index in [1.54, 1.807) is 0 Å². The standard InChI is InChI=1S/C8H18O4/c1-3-4-7(12-2)8(11)6(10)5-9/h6-11H,3-5H2,1-2H3. The quantitative estimate of drug-likeness (QED) is 0.513. The summed E-state index contributed by atoms with van der Waals surface area (Å²) < 4.78 is 4.95. The molecule has 0 bridgehead atoms. The molecule has 0 aliphatic carbocycles. The molecular weight excluding hydrogens is 160 g/mol. The molecule has 0 aromatic rings. The van der Waals surface area contributed by atoms with E-state index >= 15 is 0 Å². The van der Waals surface area contributed by atoms with E-state index in [1.807, 2.05) is 6.92 Å². The van der Waals surface area contributed by atoms with E-state index in [0.717, 1.165) is 6.42 Å². The molecule has 0 aliphatic rings. The molecule has 0 spiro atoms. The lowest BCUT2D eigenvalue weighted by Gasteiger charge is -2.24. The predicted octanol–water partition coefficient (Wildman–Crippen LogP) is -0.484. The Morgan fingerprint density at radius 2 is 1.92 bits per heavy atom. The fourth-order valence-corrected chi connectivity index (χ4v) is 1.07. The summed E-state index contributed by atoms with van der Waals surface area (Å²) in [5.41, 5.74) is 0. The first-order valence-electron chi connectivity index (χ1n) is 4.17. The van der Waals surface area contributed by atoms with Crippen LogP contribution >= 0.6 is 0 Å². The average molecular weight is 178 g/mol. The van der Waals surface area contributed by atoms with Gasteiger partial charge in [0.2, 0.25) is 0 Å². The second-order valence-corrected chi connectivity index (χ2v) is 2.80. The molecule has 74 valence electrons. The first kappa shape index (κ1) is 11.8. The van der Waals surface area contributed by atoms with Crippen LogP contribution < -0.4 is 0 Å². The molecule has 0 aromatic carbocycles. The van der Waals surface area contributed by atoms with Crippen LogP contribution in [0.4, 0.5) is 0 Å². The van der Waals surface area contributed by atoms with Crippen molar-refractivity contribution in [3.05, 3.63) is 0 Å². The van der Waals surface area contributed by atoms with E-state index in [9.17, 15) is 5.11 Å². The SMILES string of the molecule is CCCC(OC)C(O)C(O)CO. The zero-order valence-electron chi connectivity index (χ0n) is 7.60. The monoisotopic (exact) mass is 178 g/mol. The number of rotatable bonds is 6. The van der Waals surface area contributed by atoms with Gasteiger partial charge in [-0.15, -0.1) is 0 Å². The van der Waals surface area contributed by atoms with Gasteiger partial charge in [0.05, 0.1) is 12.7 Å². The van der Waals surface area contributed by atoms with Crippen LogP contribution in [0.1, 0.15) is 19.8 Å². The van der Waals surface area contributed by atoms with Gasteiger partial charge in [-0.1, -0.05) is 13.3 Å². The van der Waals surface area contributed by atoms with E-state index in [2.05, 4.69) is 0 Å². The Balaban J connectivity index is 3.91. The second-order valence-electron chi connectivity index (χ2n) is 2.80. The van der Waals surface area contributed by atoms with E-state index in [0.29, 0.717) is 6.42 Å². The van der Waals surface area contributed by atoms with Crippen molar-refractivity contribution < 1.29 is 20.1 Å². The Morgan fingerprint density at radius 3 is 2.25 bits per heavy atom. The van der Waals surface area contributed by atoms with Crippen molar-refractivity contribution in [3.63, 3.8) is 0 Å². The van der Waals surface area contributed by atoms with Crippen LogP contribution in [0.5, 0.6) is 0 Å². The van der Waals surface area contributed by atoms with Gasteiger partial charge in [0.25, 0.3) is 0 Å². The minimum atomic E-state index is -1.11. The number of ether oxygens (including phenoxy) is 1. The van der Waals surface area contributed by atoms with E-state index < -0.39 is 24.9 Å². The topological polar surface area (TPSA) is 69.9 Å². The fraction of sp³-hybridized carbons (Fsp3) is 1.00. The molecule has 0 radical (unpaired) electrons. The Hall–Kier alpha value is -0.160. The van der Waals surface area contributed by atoms with Gasteiger partial charge in [-0.25, -0.2) is 0 Å². The van der Waals surface area contributed by atoms with Crippen molar-refractivity contribution in [1.29, 1.82) is 0 Å². The average Bonchev–Trinajstić information content (AvgIpc) is 2.11. The van der Waals surface area contributed by atoms with E-state index in [4.69, 9.17) is 14.9 Å². The first-order valence-corrected chi connectivity index (χ1v) is 4.17. The van der Waals surface area contributed by atoms with Crippen LogP contribution in [-0.4, -0.2) is 47.3 Å². The second kappa shape index (κ2) is 6.37. The molecule has 3 N–H and O–H groups in total. The summed E-state index contributed by atoms with van der Waals surface area (Å²) in [6.45, 7) is 1.52. The molecule has 4 nitrogen and oxygen atoms in total. The zero-order chi connectivity index (χ0) is 9.56. The summed E-state index contributed by atoms with van der Waals surface area (Å²) in [7, 11) is 1.48. The summed E-state index contributed by atoms with van der Waals surface area (Å²) >= 11 is 0. The number of hydrogen-bond acceptors (Lipinski definition) is 4. The van der Waals surface area contributed by atoms with Gasteiger partial charge in [0, 0.05) is 7.11 Å². The minimum absolute atomic E-state index is 0.392. The van der Waals surface area contributed by atoms with Crippen molar-refractivity contribution in [2.45, 2.75) is 38.1 Å². The third kappa shape index (κ3) is 3.49. The Kier molecular flexibility index (Phi) is 6.28. The lowest BCUT2D eigenvalue weighted by Crippen LogP contribution is -2.40. The van der Waals surface area contributed by atoms with Crippen LogP contribution in [0.3, 0.4) is 0 Å². The van der Waals surface area contributed by atoms with E-state index in [1.165, 1.54) is 7.11 Å². The molecule has 0 saturated heterocycles. The van der Waals surface area contributed by atoms with Crippen LogP contribution in [0.2, 0.25) is 0 Å². The molecular formula is C8H18O4. The highest BCUT2D eigenvalue weighted by molar-refractivity contribution is 4.75. The third-order valence-electron chi connectivity index (χ3n) is 1.84. The predicted molar refractivity (Wildman–Crippen MR) is 44.8 cm³/mol. The molecule has 12 heavy (non-hydrogen) atoms. The maximum atomic E-state index is 9.37. The maximum absolute atomic E-state index is 9.37. The summed E-state index contributed by atoms with van der Waals surface area (Å²) in [5.74, 6) is 0. The Bertz CT molecular complexity index is 107. The number of methoxy groups -OCH3 is 1. The van der Waals surface area contributed by atoms with Gasteiger partial charge in [-0.05, 0) is 6.42 Å². The first-order chi connectivity index (χ1) is 5.67. The molecule has 0 fully saturated rings. The molecule has 0 saturated carbocycles. The van der Waals surface area contributed by atoms with Gasteiger partial charge in [-0.2, -0.15) is 0 Å². The summed E-state index contributed by atoms with van der Waals surface area (Å²) in [4.78, 5) is 0. The van der Waals surface area contributed by atoms with Crippen molar-refractivity contribution in [2.75, 3.05) is 13.7 Å². The highest BCUT2D eigenvalue weighted by Crippen LogP contribution is 2.09. The molecule has 0 rings (SSSR count). The van der Waals surface area contributed by atoms with Gasteiger partial charge >= 0.3 is 0 Å². The fourth-order valence-electron chi connectivity index (χ4n) is 1.07. The largest absolute Gasteiger partial charge is 0.394 e. The zero-order valence-corrected chi connectivity index (χ0v) is 7.60. The molecule has 3 unspecified atom stereocenters. The number of aliphatic hydroxyl groups is 3. The maximum Gasteiger partial charge on any atom is 0.108 e. The lowest BCUT2D eigenvalue weighted by molar-refractivity contribution is -0.0918. The summed E-state index contributed by atoms with van der Waals surface area (Å²) in [5, 5.41) is 27.0. The van der Waals surface area contributed by atoms with Crippen LogP contribution in [0, 0.1) is 0 Å². The van der Waals surface area contributed by atoms with Crippen LogP contribution in [0.15, 0.2) is 0 Å². The minimum Gasteiger partial charge on any atom is -0.394 e. The molecule has 0 amide bonds. The molecule has 0 aromatic heterocycles. The summed E-state index contributed by atoms with van der Waals surface area (Å²) in [6, 6.07) is 0. The van der Waals surface area contributed by atoms with Gasteiger partial charge in [0.1, 0.15) is 12.2 Å². The summed E-state index contributed by atoms with van der Waals surface area (Å²) in [6.07, 6.45) is -0.957. The van der Waals surface area contributed by atoms with Crippen molar-refractivity contribution in [3.8, 4) is 0 Å². The highest BCUT2D eigenvalue weighted by Gasteiger charge is 2.24. The van der Waals surface area contributed by atoms with Crippen molar-refractivity contribution in [2.24, 2.45) is 0 Å². The van der Waals surface area contributed by atoms with Crippen LogP contribution in [-0.2, 0) is 4.74 Å². The van der Waals surface area contributed by atoms with Gasteiger partial charge in [-0.3, -0.25) is 0 Å². The molecule has 0 heterocycles. The lowest BCUT2D eigenvalue weighted by atomic mass is 10.0. The molecule has 4 heteroatoms. The number of hydrogen-bond donors (Lipinski definition) is 3. The van der Waals surface area contributed by atoms with Gasteiger partial charge in [0.15, 0.2) is 0 Å². The highest BCUT2D eigenvalue weighted by atomic mass is 16.5. The smallest absolute Gasteiger partial charge is 0.108 e.